The molecule has 3 rings (SSSR count). The zero-order valence-electron chi connectivity index (χ0n) is 14.4. The fraction of sp³-hybridized carbons (Fsp3) is 0.0526. The first-order valence-corrected chi connectivity index (χ1v) is 8.00. The minimum atomic E-state index is -0.742. The van der Waals surface area contributed by atoms with Crippen molar-refractivity contribution in [3.8, 4) is 5.69 Å². The van der Waals surface area contributed by atoms with Crippen LogP contribution < -0.4 is 22.3 Å². The molecule has 2 aromatic carbocycles. The number of nitrogens with zero attached hydrogens (tertiary/aromatic N) is 1. The van der Waals surface area contributed by atoms with Crippen molar-refractivity contribution in [1.82, 2.24) is 9.55 Å². The van der Waals surface area contributed by atoms with Gasteiger partial charge in [-0.15, -0.1) is 0 Å². The van der Waals surface area contributed by atoms with E-state index in [1.807, 2.05) is 6.92 Å². The van der Waals surface area contributed by atoms with Gasteiger partial charge in [-0.1, -0.05) is 17.7 Å². The molecule has 0 atom stereocenters. The summed E-state index contributed by atoms with van der Waals surface area (Å²) in [4.78, 5) is 50.7. The lowest BCUT2D eigenvalue weighted by Crippen LogP contribution is -2.38. The first-order chi connectivity index (χ1) is 12.9. The molecule has 4 N–H and O–H groups in total. The molecule has 1 heterocycles. The van der Waals surface area contributed by atoms with E-state index in [2.05, 4.69) is 10.3 Å². The Morgan fingerprint density at radius 1 is 1.00 bits per heavy atom. The molecule has 0 aliphatic heterocycles. The number of anilines is 1. The van der Waals surface area contributed by atoms with Crippen LogP contribution in [-0.4, -0.2) is 21.4 Å². The van der Waals surface area contributed by atoms with Crippen LogP contribution in [0.4, 0.5) is 5.69 Å². The highest BCUT2D eigenvalue weighted by molar-refractivity contribution is 6.04. The van der Waals surface area contributed by atoms with Crippen LogP contribution in [0.25, 0.3) is 5.69 Å². The maximum Gasteiger partial charge on any atom is 0.333 e. The van der Waals surface area contributed by atoms with Crippen molar-refractivity contribution in [2.75, 3.05) is 5.32 Å². The van der Waals surface area contributed by atoms with E-state index in [0.717, 1.165) is 16.3 Å². The molecule has 0 spiro atoms. The number of hydrogen-bond acceptors (Lipinski definition) is 4. The summed E-state index contributed by atoms with van der Waals surface area (Å²) in [6.45, 7) is 1.88. The number of nitrogens with two attached hydrogens (primary N) is 1. The third-order valence-corrected chi connectivity index (χ3v) is 3.94. The molecule has 1 aromatic heterocycles. The minimum Gasteiger partial charge on any atom is -0.366 e. The van der Waals surface area contributed by atoms with Crippen LogP contribution in [0, 0.1) is 6.92 Å². The molecule has 0 aliphatic rings. The predicted octanol–water partition coefficient (Wildman–Crippen LogP) is 1.19. The highest BCUT2D eigenvalue weighted by Gasteiger charge is 2.16. The van der Waals surface area contributed by atoms with Crippen LogP contribution in [0.3, 0.4) is 0 Å². The monoisotopic (exact) mass is 364 g/mol. The number of rotatable bonds is 4. The largest absolute Gasteiger partial charge is 0.366 e. The second-order valence-corrected chi connectivity index (χ2v) is 5.88. The summed E-state index contributed by atoms with van der Waals surface area (Å²) in [7, 11) is 0. The summed E-state index contributed by atoms with van der Waals surface area (Å²) in [5.41, 5.74) is 5.54. The van der Waals surface area contributed by atoms with Gasteiger partial charge in [0.25, 0.3) is 11.5 Å². The summed E-state index contributed by atoms with van der Waals surface area (Å²) in [5, 5.41) is 2.55. The Balaban J connectivity index is 1.95. The molecule has 8 heteroatoms. The molecule has 0 bridgehead atoms. The Morgan fingerprint density at radius 2 is 1.63 bits per heavy atom. The molecular weight excluding hydrogens is 348 g/mol. The van der Waals surface area contributed by atoms with Crippen molar-refractivity contribution >= 4 is 17.5 Å². The fourth-order valence-electron chi connectivity index (χ4n) is 2.48. The van der Waals surface area contributed by atoms with Gasteiger partial charge in [-0.25, -0.2) is 9.36 Å². The van der Waals surface area contributed by atoms with E-state index in [4.69, 9.17) is 5.73 Å². The average molecular weight is 364 g/mol. The SMILES string of the molecule is Cc1ccc(-n2c(=O)[nH]cc(C(=O)Nc3ccc(C(N)=O)cc3)c2=O)cc1. The maximum atomic E-state index is 12.7. The molecule has 0 fully saturated rings. The van der Waals surface area contributed by atoms with E-state index >= 15 is 0 Å². The van der Waals surface area contributed by atoms with Crippen molar-refractivity contribution < 1.29 is 9.59 Å². The molecule has 2 amide bonds. The van der Waals surface area contributed by atoms with Crippen molar-refractivity contribution in [3.63, 3.8) is 0 Å². The molecule has 0 radical (unpaired) electrons. The van der Waals surface area contributed by atoms with Crippen molar-refractivity contribution in [2.45, 2.75) is 6.92 Å². The summed E-state index contributed by atoms with van der Waals surface area (Å²) in [5.74, 6) is -1.28. The Hall–Kier alpha value is -3.94. The Labute approximate surface area is 153 Å². The Bertz CT molecular complexity index is 1130. The number of aromatic amines is 1. The van der Waals surface area contributed by atoms with Crippen LogP contribution in [0.15, 0.2) is 64.3 Å². The number of carbonyl (C=O) groups excluding carboxylic acids is 2. The lowest BCUT2D eigenvalue weighted by Gasteiger charge is -2.08. The van der Waals surface area contributed by atoms with Gasteiger partial charge in [-0.05, 0) is 43.3 Å². The predicted molar refractivity (Wildman–Crippen MR) is 100 cm³/mol. The van der Waals surface area contributed by atoms with Crippen LogP contribution in [0.1, 0.15) is 26.3 Å². The lowest BCUT2D eigenvalue weighted by molar-refractivity contribution is 0.0998. The van der Waals surface area contributed by atoms with Crippen molar-refractivity contribution in [3.05, 3.63) is 92.3 Å². The van der Waals surface area contributed by atoms with E-state index in [-0.39, 0.29) is 5.56 Å². The molecule has 0 saturated heterocycles. The topological polar surface area (TPSA) is 127 Å². The second kappa shape index (κ2) is 7.12. The van der Waals surface area contributed by atoms with Gasteiger partial charge in [0, 0.05) is 17.4 Å². The summed E-state index contributed by atoms with van der Waals surface area (Å²) >= 11 is 0. The molecule has 136 valence electrons. The Kier molecular flexibility index (Phi) is 4.71. The summed E-state index contributed by atoms with van der Waals surface area (Å²) in [6.07, 6.45) is 1.07. The van der Waals surface area contributed by atoms with Gasteiger partial charge in [-0.2, -0.15) is 0 Å². The second-order valence-electron chi connectivity index (χ2n) is 5.88. The van der Waals surface area contributed by atoms with Crippen LogP contribution in [0.5, 0.6) is 0 Å². The van der Waals surface area contributed by atoms with Crippen molar-refractivity contribution in [1.29, 1.82) is 0 Å². The van der Waals surface area contributed by atoms with Gasteiger partial charge in [0.05, 0.1) is 5.69 Å². The van der Waals surface area contributed by atoms with E-state index in [1.54, 1.807) is 24.3 Å². The van der Waals surface area contributed by atoms with Gasteiger partial charge in [0.15, 0.2) is 0 Å². The number of amides is 2. The standard InChI is InChI=1S/C19H16N4O4/c1-11-2-8-14(9-3-11)23-18(26)15(10-21-19(23)27)17(25)22-13-6-4-12(5-7-13)16(20)24/h2-10H,1H3,(H2,20,24)(H,21,27)(H,22,25). The molecule has 0 aliphatic carbocycles. The number of primary amides is 1. The minimum absolute atomic E-state index is 0.228. The Morgan fingerprint density at radius 3 is 2.22 bits per heavy atom. The van der Waals surface area contributed by atoms with Gasteiger partial charge in [0.1, 0.15) is 5.56 Å². The van der Waals surface area contributed by atoms with Gasteiger partial charge < -0.3 is 16.0 Å². The third kappa shape index (κ3) is 3.69. The van der Waals surface area contributed by atoms with Gasteiger partial charge >= 0.3 is 5.69 Å². The van der Waals surface area contributed by atoms with Gasteiger partial charge in [-0.3, -0.25) is 14.4 Å². The van der Waals surface area contributed by atoms with Crippen LogP contribution in [0.2, 0.25) is 0 Å². The van der Waals surface area contributed by atoms with E-state index in [1.165, 1.54) is 24.3 Å². The van der Waals surface area contributed by atoms with Crippen LogP contribution in [-0.2, 0) is 0 Å². The number of hydrogen-bond donors (Lipinski definition) is 3. The summed E-state index contributed by atoms with van der Waals surface area (Å²) in [6, 6.07) is 12.6. The number of aryl methyl sites for hydroxylation is 1. The van der Waals surface area contributed by atoms with Gasteiger partial charge in [0.2, 0.25) is 5.91 Å². The molecule has 3 aromatic rings. The number of benzene rings is 2. The molecule has 8 nitrogen and oxygen atoms in total. The van der Waals surface area contributed by atoms with E-state index in [9.17, 15) is 19.2 Å². The summed E-state index contributed by atoms with van der Waals surface area (Å²) < 4.78 is 0.893. The lowest BCUT2D eigenvalue weighted by atomic mass is 10.2. The van der Waals surface area contributed by atoms with Crippen molar-refractivity contribution in [2.24, 2.45) is 5.73 Å². The molecule has 27 heavy (non-hydrogen) atoms. The average Bonchev–Trinajstić information content (AvgIpc) is 2.63. The highest BCUT2D eigenvalue weighted by atomic mass is 16.2. The maximum absolute atomic E-state index is 12.7. The third-order valence-electron chi connectivity index (χ3n) is 3.94. The first kappa shape index (κ1) is 17.9. The van der Waals surface area contributed by atoms with E-state index in [0.29, 0.717) is 16.9 Å². The number of nitrogens with one attached hydrogen (secondary N) is 2. The fourth-order valence-corrected chi connectivity index (χ4v) is 2.48. The first-order valence-electron chi connectivity index (χ1n) is 8.00. The number of aromatic nitrogens is 2. The quantitative estimate of drug-likeness (QED) is 0.642. The normalized spacial score (nSPS) is 10.4. The molecule has 0 saturated carbocycles. The zero-order valence-corrected chi connectivity index (χ0v) is 14.4. The zero-order chi connectivity index (χ0) is 19.6. The molecular formula is C19H16N4O4. The number of H-pyrrole nitrogens is 1. The van der Waals surface area contributed by atoms with E-state index < -0.39 is 23.1 Å². The molecule has 0 unspecified atom stereocenters. The van der Waals surface area contributed by atoms with Crippen LogP contribution >= 0.6 is 0 Å². The highest BCUT2D eigenvalue weighted by Crippen LogP contribution is 2.10. The number of carbonyl (C=O) groups is 2. The smallest absolute Gasteiger partial charge is 0.333 e.